The lowest BCUT2D eigenvalue weighted by Gasteiger charge is -2.23. The van der Waals surface area contributed by atoms with Crippen molar-refractivity contribution in [2.24, 2.45) is 5.92 Å². The highest BCUT2D eigenvalue weighted by atomic mass is 16.1. The molecule has 0 saturated carbocycles. The first kappa shape index (κ1) is 12.6. The van der Waals surface area contributed by atoms with Crippen LogP contribution in [0, 0.1) is 5.92 Å². The number of hydrogen-bond donors (Lipinski definition) is 1. The van der Waals surface area contributed by atoms with Crippen LogP contribution in [0.5, 0.6) is 0 Å². The highest BCUT2D eigenvalue weighted by molar-refractivity contribution is 5.74. The average molecular weight is 268 g/mol. The number of aromatic nitrogens is 4. The molecule has 0 fully saturated rings. The van der Waals surface area contributed by atoms with Crippen LogP contribution in [0.1, 0.15) is 25.5 Å². The minimum atomic E-state index is -0.182. The summed E-state index contributed by atoms with van der Waals surface area (Å²) >= 11 is 0. The van der Waals surface area contributed by atoms with Crippen LogP contribution in [0.3, 0.4) is 0 Å². The van der Waals surface area contributed by atoms with E-state index in [2.05, 4.69) is 39.4 Å². The van der Waals surface area contributed by atoms with E-state index in [9.17, 15) is 4.79 Å². The highest BCUT2D eigenvalue weighted by Gasteiger charge is 2.17. The molecule has 1 aromatic carbocycles. The van der Waals surface area contributed by atoms with Gasteiger partial charge in [0.25, 0.3) is 5.56 Å². The van der Waals surface area contributed by atoms with Crippen molar-refractivity contribution in [1.29, 1.82) is 0 Å². The van der Waals surface area contributed by atoms with E-state index in [0.29, 0.717) is 5.92 Å². The third-order valence-corrected chi connectivity index (χ3v) is 3.42. The molecule has 5 nitrogen and oxygen atoms in total. The van der Waals surface area contributed by atoms with Gasteiger partial charge in [-0.1, -0.05) is 19.9 Å². The van der Waals surface area contributed by atoms with E-state index < -0.39 is 0 Å². The van der Waals surface area contributed by atoms with Gasteiger partial charge in [-0.3, -0.25) is 4.79 Å². The van der Waals surface area contributed by atoms with Gasteiger partial charge in [-0.05, 0) is 23.6 Å². The summed E-state index contributed by atoms with van der Waals surface area (Å²) in [6, 6.07) is 6.17. The maximum Gasteiger partial charge on any atom is 0.266 e. The number of rotatable bonds is 3. The molecule has 3 rings (SSSR count). The summed E-state index contributed by atoms with van der Waals surface area (Å²) in [6.45, 7) is 4.34. The molecule has 0 spiro atoms. The van der Waals surface area contributed by atoms with Gasteiger partial charge >= 0.3 is 0 Å². The Hall–Kier alpha value is -2.43. The molecule has 0 amide bonds. The Labute approximate surface area is 116 Å². The maximum absolute atomic E-state index is 11.4. The molecule has 1 atom stereocenters. The second-order valence-electron chi connectivity index (χ2n) is 5.22. The van der Waals surface area contributed by atoms with E-state index in [-0.39, 0.29) is 11.6 Å². The molecule has 102 valence electrons. The van der Waals surface area contributed by atoms with Crippen molar-refractivity contribution >= 4 is 11.0 Å². The molecule has 0 bridgehead atoms. The SMILES string of the molecule is CC(C)C(c1ccc2ncc(=O)[nH]c2c1)n1ccnc1. The molecule has 20 heavy (non-hydrogen) atoms. The van der Waals surface area contributed by atoms with E-state index >= 15 is 0 Å². The minimum absolute atomic E-state index is 0.182. The van der Waals surface area contributed by atoms with Crippen LogP contribution in [0.4, 0.5) is 0 Å². The second-order valence-corrected chi connectivity index (χ2v) is 5.22. The molecule has 0 radical (unpaired) electrons. The highest BCUT2D eigenvalue weighted by Crippen LogP contribution is 2.27. The van der Waals surface area contributed by atoms with Crippen molar-refractivity contribution in [3.8, 4) is 0 Å². The minimum Gasteiger partial charge on any atom is -0.330 e. The quantitative estimate of drug-likeness (QED) is 0.793. The summed E-state index contributed by atoms with van der Waals surface area (Å²) < 4.78 is 2.08. The Bertz CT molecular complexity index is 774. The third-order valence-electron chi connectivity index (χ3n) is 3.42. The van der Waals surface area contributed by atoms with Crippen LogP contribution >= 0.6 is 0 Å². The van der Waals surface area contributed by atoms with Gasteiger partial charge in [0, 0.05) is 12.4 Å². The first-order chi connectivity index (χ1) is 9.65. The zero-order valence-electron chi connectivity index (χ0n) is 11.4. The Morgan fingerprint density at radius 3 is 2.85 bits per heavy atom. The monoisotopic (exact) mass is 268 g/mol. The predicted molar refractivity (Wildman–Crippen MR) is 77.6 cm³/mol. The molecule has 1 N–H and O–H groups in total. The van der Waals surface area contributed by atoms with Crippen molar-refractivity contribution in [2.45, 2.75) is 19.9 Å². The molecule has 3 aromatic rings. The van der Waals surface area contributed by atoms with Crippen LogP contribution in [0.2, 0.25) is 0 Å². The molecular weight excluding hydrogens is 252 g/mol. The summed E-state index contributed by atoms with van der Waals surface area (Å²) in [6.07, 6.45) is 6.86. The molecule has 0 aliphatic heterocycles. The number of nitrogens with zero attached hydrogens (tertiary/aromatic N) is 3. The normalized spacial score (nSPS) is 12.9. The van der Waals surface area contributed by atoms with E-state index in [1.807, 2.05) is 24.7 Å². The number of H-pyrrole nitrogens is 1. The summed E-state index contributed by atoms with van der Waals surface area (Å²) in [5.41, 5.74) is 2.51. The fourth-order valence-electron chi connectivity index (χ4n) is 2.58. The number of aromatic amines is 1. The first-order valence-electron chi connectivity index (χ1n) is 6.61. The largest absolute Gasteiger partial charge is 0.330 e. The first-order valence-corrected chi connectivity index (χ1v) is 6.61. The van der Waals surface area contributed by atoms with Crippen molar-refractivity contribution in [1.82, 2.24) is 19.5 Å². The molecule has 0 aliphatic rings. The number of nitrogens with one attached hydrogen (secondary N) is 1. The van der Waals surface area contributed by atoms with Crippen LogP contribution in [-0.2, 0) is 0 Å². The van der Waals surface area contributed by atoms with Gasteiger partial charge in [0.15, 0.2) is 0 Å². The van der Waals surface area contributed by atoms with Crippen molar-refractivity contribution in [3.63, 3.8) is 0 Å². The van der Waals surface area contributed by atoms with Gasteiger partial charge in [-0.25, -0.2) is 9.97 Å². The number of imidazole rings is 1. The number of fused-ring (bicyclic) bond motifs is 1. The topological polar surface area (TPSA) is 63.6 Å². The van der Waals surface area contributed by atoms with Crippen LogP contribution < -0.4 is 5.56 Å². The lowest BCUT2D eigenvalue weighted by atomic mass is 9.95. The summed E-state index contributed by atoms with van der Waals surface area (Å²) in [5.74, 6) is 0.407. The van der Waals surface area contributed by atoms with Gasteiger partial charge in [0.05, 0.1) is 29.6 Å². The fraction of sp³-hybridized carbons (Fsp3) is 0.267. The lowest BCUT2D eigenvalue weighted by Crippen LogP contribution is -2.15. The average Bonchev–Trinajstić information content (AvgIpc) is 2.91. The van der Waals surface area contributed by atoms with Gasteiger partial charge in [-0.15, -0.1) is 0 Å². The zero-order valence-corrected chi connectivity index (χ0v) is 11.4. The fourth-order valence-corrected chi connectivity index (χ4v) is 2.58. The summed E-state index contributed by atoms with van der Waals surface area (Å²) in [5, 5.41) is 0. The number of benzene rings is 1. The molecule has 1 unspecified atom stereocenters. The maximum atomic E-state index is 11.4. The van der Waals surface area contributed by atoms with E-state index in [4.69, 9.17) is 0 Å². The summed E-state index contributed by atoms with van der Waals surface area (Å²) in [4.78, 5) is 22.5. The Morgan fingerprint density at radius 2 is 2.15 bits per heavy atom. The number of hydrogen-bond acceptors (Lipinski definition) is 3. The Kier molecular flexibility index (Phi) is 3.10. The van der Waals surface area contributed by atoms with E-state index in [1.165, 1.54) is 6.20 Å². The van der Waals surface area contributed by atoms with Crippen molar-refractivity contribution in [2.75, 3.05) is 0 Å². The molecule has 0 aliphatic carbocycles. The van der Waals surface area contributed by atoms with E-state index in [0.717, 1.165) is 16.6 Å². The molecule has 2 aromatic heterocycles. The standard InChI is InChI=1S/C15H16N4O/c1-10(2)15(19-6-5-16-9-19)11-3-4-12-13(7-11)18-14(20)8-17-12/h3-10,15H,1-2H3,(H,18,20). The van der Waals surface area contributed by atoms with Crippen molar-refractivity contribution in [3.05, 3.63) is 59.0 Å². The van der Waals surface area contributed by atoms with Crippen LogP contribution in [-0.4, -0.2) is 19.5 Å². The van der Waals surface area contributed by atoms with Gasteiger partial charge in [-0.2, -0.15) is 0 Å². The molecular formula is C15H16N4O. The predicted octanol–water partition coefficient (Wildman–Crippen LogP) is 2.37. The molecule has 0 saturated heterocycles. The zero-order chi connectivity index (χ0) is 14.1. The molecule has 2 heterocycles. The van der Waals surface area contributed by atoms with Crippen LogP contribution in [0.15, 0.2) is 47.9 Å². The van der Waals surface area contributed by atoms with Gasteiger partial charge < -0.3 is 9.55 Å². The third kappa shape index (κ3) is 2.22. The Balaban J connectivity index is 2.14. The van der Waals surface area contributed by atoms with E-state index in [1.54, 1.807) is 6.20 Å². The Morgan fingerprint density at radius 1 is 1.30 bits per heavy atom. The lowest BCUT2D eigenvalue weighted by molar-refractivity contribution is 0.437. The smallest absolute Gasteiger partial charge is 0.266 e. The molecule has 5 heteroatoms. The van der Waals surface area contributed by atoms with Gasteiger partial charge in [0.2, 0.25) is 0 Å². The summed E-state index contributed by atoms with van der Waals surface area (Å²) in [7, 11) is 0. The van der Waals surface area contributed by atoms with Gasteiger partial charge in [0.1, 0.15) is 0 Å². The van der Waals surface area contributed by atoms with Crippen LogP contribution in [0.25, 0.3) is 11.0 Å². The van der Waals surface area contributed by atoms with Crippen molar-refractivity contribution < 1.29 is 0 Å². The second kappa shape index (κ2) is 4.92.